The number of non-ortho nitro benzene ring substituents is 1. The minimum Gasteiger partial charge on any atom is -0.348 e. The van der Waals surface area contributed by atoms with Gasteiger partial charge in [0.2, 0.25) is 0 Å². The fourth-order valence-corrected chi connectivity index (χ4v) is 1.67. The zero-order valence-electron chi connectivity index (χ0n) is 10.2. The first kappa shape index (κ1) is 14.9. The summed E-state index contributed by atoms with van der Waals surface area (Å²) in [6.45, 7) is 1.83. The van der Waals surface area contributed by atoms with E-state index < -0.39 is 10.8 Å². The summed E-state index contributed by atoms with van der Waals surface area (Å²) in [6, 6.07) is 5.32. The summed E-state index contributed by atoms with van der Waals surface area (Å²) in [4.78, 5) is 22.0. The first-order chi connectivity index (χ1) is 8.99. The van der Waals surface area contributed by atoms with Crippen LogP contribution < -0.4 is 5.32 Å². The van der Waals surface area contributed by atoms with Crippen LogP contribution in [0.15, 0.2) is 18.2 Å². The van der Waals surface area contributed by atoms with Crippen molar-refractivity contribution in [1.82, 2.24) is 5.32 Å². The number of nitriles is 1. The molecule has 1 amide bonds. The number of nitro benzene ring substituents is 1. The summed E-state index contributed by atoms with van der Waals surface area (Å²) in [6.07, 6.45) is 0.765. The first-order valence-corrected chi connectivity index (χ1v) is 5.99. The lowest BCUT2D eigenvalue weighted by Crippen LogP contribution is -2.34. The van der Waals surface area contributed by atoms with Crippen molar-refractivity contribution in [2.75, 3.05) is 0 Å². The molecule has 100 valence electrons. The maximum atomic E-state index is 12.0. The number of nitrogens with zero attached hydrogens (tertiary/aromatic N) is 2. The molecule has 0 aliphatic heterocycles. The van der Waals surface area contributed by atoms with Gasteiger partial charge in [-0.1, -0.05) is 18.5 Å². The van der Waals surface area contributed by atoms with Crippen LogP contribution in [-0.4, -0.2) is 16.9 Å². The van der Waals surface area contributed by atoms with Gasteiger partial charge in [0.1, 0.15) is 0 Å². The summed E-state index contributed by atoms with van der Waals surface area (Å²) in [5.41, 5.74) is -0.171. The van der Waals surface area contributed by atoms with Gasteiger partial charge in [0, 0.05) is 18.2 Å². The molecule has 0 spiro atoms. The number of amides is 1. The lowest BCUT2D eigenvalue weighted by Gasteiger charge is -2.14. The van der Waals surface area contributed by atoms with Crippen molar-refractivity contribution in [3.05, 3.63) is 38.9 Å². The topological polar surface area (TPSA) is 96.0 Å². The van der Waals surface area contributed by atoms with Crippen molar-refractivity contribution in [2.24, 2.45) is 0 Å². The van der Waals surface area contributed by atoms with Crippen LogP contribution in [0.25, 0.3) is 0 Å². The first-order valence-electron chi connectivity index (χ1n) is 5.61. The smallest absolute Gasteiger partial charge is 0.270 e. The highest BCUT2D eigenvalue weighted by Crippen LogP contribution is 2.22. The molecule has 6 nitrogen and oxygen atoms in total. The average Bonchev–Trinajstić information content (AvgIpc) is 2.38. The van der Waals surface area contributed by atoms with Gasteiger partial charge < -0.3 is 5.32 Å². The molecule has 0 aliphatic rings. The van der Waals surface area contributed by atoms with Gasteiger partial charge in [-0.15, -0.1) is 0 Å². The minimum absolute atomic E-state index is 0.0345. The maximum absolute atomic E-state index is 12.0. The molecule has 1 aromatic carbocycles. The molecule has 0 aromatic heterocycles. The third-order valence-corrected chi connectivity index (χ3v) is 2.90. The third-order valence-electron chi connectivity index (χ3n) is 2.57. The van der Waals surface area contributed by atoms with Crippen LogP contribution in [-0.2, 0) is 0 Å². The Bertz CT molecular complexity index is 540. The van der Waals surface area contributed by atoms with Gasteiger partial charge in [0.05, 0.1) is 28.0 Å². The summed E-state index contributed by atoms with van der Waals surface area (Å²) in [5, 5.41) is 22.0. The summed E-state index contributed by atoms with van der Waals surface area (Å²) >= 11 is 5.85. The fourth-order valence-electron chi connectivity index (χ4n) is 1.47. The minimum atomic E-state index is -0.598. The molecule has 1 rings (SSSR count). The van der Waals surface area contributed by atoms with Crippen LogP contribution in [0.2, 0.25) is 5.02 Å². The second-order valence-electron chi connectivity index (χ2n) is 3.86. The Morgan fingerprint density at radius 3 is 2.84 bits per heavy atom. The van der Waals surface area contributed by atoms with E-state index in [2.05, 4.69) is 5.32 Å². The molecule has 0 radical (unpaired) electrons. The molecule has 1 aromatic rings. The SMILES string of the molecule is CCC(CC#N)NC(=O)c1cc([N+](=O)[O-])ccc1Cl. The van der Waals surface area contributed by atoms with E-state index in [1.165, 1.54) is 12.1 Å². The van der Waals surface area contributed by atoms with Gasteiger partial charge in [0.25, 0.3) is 11.6 Å². The molecule has 1 N–H and O–H groups in total. The molecular weight excluding hydrogens is 270 g/mol. The number of halogens is 1. The van der Waals surface area contributed by atoms with E-state index in [0.29, 0.717) is 6.42 Å². The monoisotopic (exact) mass is 281 g/mol. The Kier molecular flexibility index (Phi) is 5.27. The van der Waals surface area contributed by atoms with Gasteiger partial charge in [-0.3, -0.25) is 14.9 Å². The van der Waals surface area contributed by atoms with Crippen LogP contribution in [0.1, 0.15) is 30.1 Å². The van der Waals surface area contributed by atoms with Gasteiger partial charge in [-0.25, -0.2) is 0 Å². The predicted molar refractivity (Wildman–Crippen MR) is 69.9 cm³/mol. The quantitative estimate of drug-likeness (QED) is 0.663. The van der Waals surface area contributed by atoms with Gasteiger partial charge in [-0.05, 0) is 12.5 Å². The van der Waals surface area contributed by atoms with E-state index in [-0.39, 0.29) is 28.7 Å². The second kappa shape index (κ2) is 6.71. The molecule has 0 heterocycles. The standard InChI is InChI=1S/C12H12ClN3O3/c1-2-8(5-6-14)15-12(17)10-7-9(16(18)19)3-4-11(10)13/h3-4,7-8H,2,5H2,1H3,(H,15,17). The van der Waals surface area contributed by atoms with Crippen molar-refractivity contribution < 1.29 is 9.72 Å². The molecule has 7 heteroatoms. The highest BCUT2D eigenvalue weighted by Gasteiger charge is 2.18. The third kappa shape index (κ3) is 3.93. The number of nitrogens with one attached hydrogen (secondary N) is 1. The van der Waals surface area contributed by atoms with Crippen molar-refractivity contribution >= 4 is 23.2 Å². The molecule has 1 atom stereocenters. The number of hydrogen-bond donors (Lipinski definition) is 1. The number of benzene rings is 1. The highest BCUT2D eigenvalue weighted by atomic mass is 35.5. The van der Waals surface area contributed by atoms with Crippen LogP contribution in [0.5, 0.6) is 0 Å². The van der Waals surface area contributed by atoms with Crippen LogP contribution in [0.4, 0.5) is 5.69 Å². The number of nitro groups is 1. The number of carbonyl (C=O) groups excluding carboxylic acids is 1. The van der Waals surface area contributed by atoms with E-state index in [0.717, 1.165) is 6.07 Å². The van der Waals surface area contributed by atoms with E-state index in [1.807, 2.05) is 13.0 Å². The van der Waals surface area contributed by atoms with E-state index in [9.17, 15) is 14.9 Å². The van der Waals surface area contributed by atoms with Crippen LogP contribution in [0.3, 0.4) is 0 Å². The summed E-state index contributed by atoms with van der Waals surface area (Å²) in [7, 11) is 0. The molecule has 1 unspecified atom stereocenters. The van der Waals surface area contributed by atoms with Crippen LogP contribution in [0, 0.1) is 21.4 Å². The second-order valence-corrected chi connectivity index (χ2v) is 4.27. The maximum Gasteiger partial charge on any atom is 0.270 e. The van der Waals surface area contributed by atoms with Crippen molar-refractivity contribution in [2.45, 2.75) is 25.8 Å². The molecular formula is C12H12ClN3O3. The van der Waals surface area contributed by atoms with Crippen molar-refractivity contribution in [1.29, 1.82) is 5.26 Å². The Balaban J connectivity index is 2.96. The zero-order valence-corrected chi connectivity index (χ0v) is 11.0. The Labute approximate surface area is 115 Å². The lowest BCUT2D eigenvalue weighted by atomic mass is 10.1. The van der Waals surface area contributed by atoms with E-state index in [4.69, 9.17) is 16.9 Å². The summed E-state index contributed by atoms with van der Waals surface area (Å²) in [5.74, 6) is -0.518. The van der Waals surface area contributed by atoms with Crippen molar-refractivity contribution in [3.8, 4) is 6.07 Å². The highest BCUT2D eigenvalue weighted by molar-refractivity contribution is 6.33. The largest absolute Gasteiger partial charge is 0.348 e. The summed E-state index contributed by atoms with van der Waals surface area (Å²) < 4.78 is 0. The normalized spacial score (nSPS) is 11.4. The molecule has 19 heavy (non-hydrogen) atoms. The van der Waals surface area contributed by atoms with Gasteiger partial charge in [0.15, 0.2) is 0 Å². The lowest BCUT2D eigenvalue weighted by molar-refractivity contribution is -0.384. The number of rotatable bonds is 5. The predicted octanol–water partition coefficient (Wildman–Crippen LogP) is 2.67. The van der Waals surface area contributed by atoms with Gasteiger partial charge >= 0.3 is 0 Å². The molecule has 0 saturated carbocycles. The van der Waals surface area contributed by atoms with E-state index in [1.54, 1.807) is 0 Å². The molecule has 0 bridgehead atoms. The Morgan fingerprint density at radius 1 is 1.63 bits per heavy atom. The Morgan fingerprint density at radius 2 is 2.32 bits per heavy atom. The van der Waals surface area contributed by atoms with E-state index >= 15 is 0 Å². The van der Waals surface area contributed by atoms with Crippen molar-refractivity contribution in [3.63, 3.8) is 0 Å². The molecule has 0 saturated heterocycles. The zero-order chi connectivity index (χ0) is 14.4. The van der Waals surface area contributed by atoms with Gasteiger partial charge in [-0.2, -0.15) is 5.26 Å². The average molecular weight is 282 g/mol. The number of hydrogen-bond acceptors (Lipinski definition) is 4. The number of carbonyl (C=O) groups is 1. The Hall–Kier alpha value is -2.13. The molecule has 0 fully saturated rings. The fraction of sp³-hybridized carbons (Fsp3) is 0.333. The molecule has 0 aliphatic carbocycles. The van der Waals surface area contributed by atoms with Crippen LogP contribution >= 0.6 is 11.6 Å².